The van der Waals surface area contributed by atoms with E-state index < -0.39 is 5.97 Å². The molecule has 6 nitrogen and oxygen atoms in total. The lowest BCUT2D eigenvalue weighted by Gasteiger charge is -2.34. The molecule has 0 radical (unpaired) electrons. The molecule has 0 saturated heterocycles. The highest BCUT2D eigenvalue weighted by molar-refractivity contribution is 5.97. The first-order valence-corrected chi connectivity index (χ1v) is 10.2. The van der Waals surface area contributed by atoms with Crippen LogP contribution >= 0.6 is 0 Å². The summed E-state index contributed by atoms with van der Waals surface area (Å²) >= 11 is 0. The van der Waals surface area contributed by atoms with Crippen LogP contribution in [0.1, 0.15) is 58.1 Å². The zero-order valence-electron chi connectivity index (χ0n) is 18.2. The van der Waals surface area contributed by atoms with Gasteiger partial charge in [0, 0.05) is 24.1 Å². The Morgan fingerprint density at radius 2 is 1.93 bits per heavy atom. The zero-order chi connectivity index (χ0) is 21.7. The van der Waals surface area contributed by atoms with E-state index in [1.165, 1.54) is 4.90 Å². The smallest absolute Gasteiger partial charge is 0.336 e. The molecule has 1 aromatic rings. The van der Waals surface area contributed by atoms with Crippen LogP contribution in [0.25, 0.3) is 0 Å². The molecule has 2 rings (SSSR count). The molecule has 6 heteroatoms. The van der Waals surface area contributed by atoms with E-state index in [0.717, 1.165) is 11.1 Å². The van der Waals surface area contributed by atoms with Gasteiger partial charge in [-0.2, -0.15) is 0 Å². The lowest BCUT2D eigenvalue weighted by Crippen LogP contribution is -2.46. The fraction of sp³-hybridized carbons (Fsp3) is 0.522. The molecule has 158 valence electrons. The van der Waals surface area contributed by atoms with Crippen molar-refractivity contribution in [2.75, 3.05) is 13.2 Å². The third kappa shape index (κ3) is 5.46. The quantitative estimate of drug-likeness (QED) is 0.713. The highest BCUT2D eigenvalue weighted by atomic mass is 16.5. The molecule has 0 fully saturated rings. The van der Waals surface area contributed by atoms with E-state index in [-0.39, 0.29) is 49.3 Å². The maximum atomic E-state index is 12.9. The highest BCUT2D eigenvalue weighted by Crippen LogP contribution is 2.37. The highest BCUT2D eigenvalue weighted by Gasteiger charge is 2.37. The van der Waals surface area contributed by atoms with Crippen molar-refractivity contribution in [3.63, 3.8) is 0 Å². The number of carbonyl (C=O) groups excluding carboxylic acids is 3. The van der Waals surface area contributed by atoms with Gasteiger partial charge in [0.15, 0.2) is 0 Å². The Kier molecular flexibility index (Phi) is 7.59. The molecule has 1 N–H and O–H groups in total. The molecule has 0 spiro atoms. The van der Waals surface area contributed by atoms with Gasteiger partial charge in [-0.05, 0) is 39.2 Å². The van der Waals surface area contributed by atoms with Gasteiger partial charge < -0.3 is 15.0 Å². The molecule has 0 aliphatic carbocycles. The van der Waals surface area contributed by atoms with Gasteiger partial charge in [-0.25, -0.2) is 4.79 Å². The molecule has 1 heterocycles. The first-order chi connectivity index (χ1) is 13.6. The van der Waals surface area contributed by atoms with Crippen molar-refractivity contribution in [2.24, 2.45) is 5.92 Å². The molecule has 0 unspecified atom stereocenters. The fourth-order valence-electron chi connectivity index (χ4n) is 3.46. The molecule has 1 aliphatic heterocycles. The second kappa shape index (κ2) is 9.72. The molecule has 1 aromatic carbocycles. The second-order valence-corrected chi connectivity index (χ2v) is 7.97. The van der Waals surface area contributed by atoms with Gasteiger partial charge in [0.2, 0.25) is 11.8 Å². The van der Waals surface area contributed by atoms with E-state index in [4.69, 9.17) is 4.74 Å². The maximum absolute atomic E-state index is 12.9. The van der Waals surface area contributed by atoms with E-state index in [9.17, 15) is 14.4 Å². The van der Waals surface area contributed by atoms with Crippen molar-refractivity contribution >= 4 is 17.8 Å². The first kappa shape index (κ1) is 22.7. The Labute approximate surface area is 173 Å². The number of hydrogen-bond donors (Lipinski definition) is 1. The lowest BCUT2D eigenvalue weighted by atomic mass is 9.83. The predicted molar refractivity (Wildman–Crippen MR) is 112 cm³/mol. The average molecular weight is 401 g/mol. The van der Waals surface area contributed by atoms with Crippen molar-refractivity contribution in [1.82, 2.24) is 10.2 Å². The van der Waals surface area contributed by atoms with Crippen LogP contribution < -0.4 is 5.32 Å². The summed E-state index contributed by atoms with van der Waals surface area (Å²) in [4.78, 5) is 39.6. The van der Waals surface area contributed by atoms with Crippen molar-refractivity contribution in [3.8, 4) is 0 Å². The third-order valence-electron chi connectivity index (χ3n) is 5.45. The second-order valence-electron chi connectivity index (χ2n) is 7.97. The van der Waals surface area contributed by atoms with Crippen LogP contribution in [0.3, 0.4) is 0 Å². The van der Waals surface area contributed by atoms with E-state index in [1.54, 1.807) is 13.8 Å². The number of ether oxygens (including phenoxy) is 1. The molecule has 0 aromatic heterocycles. The molecule has 1 aliphatic rings. The molecular weight excluding hydrogens is 368 g/mol. The molecule has 0 bridgehead atoms. The van der Waals surface area contributed by atoms with Crippen molar-refractivity contribution < 1.29 is 19.1 Å². The maximum Gasteiger partial charge on any atom is 0.336 e. The minimum Gasteiger partial charge on any atom is -0.463 e. The SMILES string of the molecule is CCOC(=O)C1=C(C)N(CC(=O)N[C@H](C)C(C)C)C(=O)C[C@H]1c1cccc(C)c1. The molecule has 29 heavy (non-hydrogen) atoms. The van der Waals surface area contributed by atoms with Crippen LogP contribution in [-0.4, -0.2) is 41.9 Å². The number of allylic oxidation sites excluding steroid dienone is 1. The Bertz CT molecular complexity index is 813. The Morgan fingerprint density at radius 3 is 2.52 bits per heavy atom. The number of aryl methyl sites for hydroxylation is 1. The number of amides is 2. The molecule has 2 amide bonds. The van der Waals surface area contributed by atoms with Gasteiger partial charge in [-0.15, -0.1) is 0 Å². The van der Waals surface area contributed by atoms with Gasteiger partial charge in [-0.1, -0.05) is 43.7 Å². The number of benzene rings is 1. The van der Waals surface area contributed by atoms with Crippen LogP contribution in [0.5, 0.6) is 0 Å². The lowest BCUT2D eigenvalue weighted by molar-refractivity contribution is -0.141. The summed E-state index contributed by atoms with van der Waals surface area (Å²) in [6.07, 6.45) is 0.127. The summed E-state index contributed by atoms with van der Waals surface area (Å²) in [5, 5.41) is 2.92. The summed E-state index contributed by atoms with van der Waals surface area (Å²) in [7, 11) is 0. The largest absolute Gasteiger partial charge is 0.463 e. The van der Waals surface area contributed by atoms with Crippen molar-refractivity contribution in [1.29, 1.82) is 0 Å². The van der Waals surface area contributed by atoms with E-state index in [1.807, 2.05) is 52.0 Å². The van der Waals surface area contributed by atoms with Gasteiger partial charge >= 0.3 is 5.97 Å². The Hall–Kier alpha value is -2.63. The van der Waals surface area contributed by atoms with Crippen LogP contribution in [-0.2, 0) is 19.1 Å². The van der Waals surface area contributed by atoms with Gasteiger partial charge in [-0.3, -0.25) is 9.59 Å². The number of hydrogen-bond acceptors (Lipinski definition) is 4. The van der Waals surface area contributed by atoms with E-state index in [2.05, 4.69) is 5.32 Å². The average Bonchev–Trinajstić information content (AvgIpc) is 2.64. The van der Waals surface area contributed by atoms with E-state index in [0.29, 0.717) is 11.3 Å². The van der Waals surface area contributed by atoms with Crippen molar-refractivity contribution in [3.05, 3.63) is 46.7 Å². The standard InChI is InChI=1S/C23H32N2O4/c1-7-29-23(28)22-17(6)25(13-20(26)24-16(5)14(2)3)21(27)12-19(22)18-10-8-9-15(4)11-18/h8-11,14,16,19H,7,12-13H2,1-6H3,(H,24,26)/t16-,19+/m1/s1. The number of nitrogens with one attached hydrogen (secondary N) is 1. The summed E-state index contributed by atoms with van der Waals surface area (Å²) in [6.45, 7) is 11.6. The summed E-state index contributed by atoms with van der Waals surface area (Å²) in [6, 6.07) is 7.79. The minimum atomic E-state index is -0.440. The van der Waals surface area contributed by atoms with Crippen LogP contribution in [0.2, 0.25) is 0 Å². The zero-order valence-corrected chi connectivity index (χ0v) is 18.2. The van der Waals surface area contributed by atoms with Crippen LogP contribution in [0, 0.1) is 12.8 Å². The minimum absolute atomic E-state index is 0.00347. The van der Waals surface area contributed by atoms with Crippen LogP contribution in [0.15, 0.2) is 35.5 Å². The molecule has 2 atom stereocenters. The fourth-order valence-corrected chi connectivity index (χ4v) is 3.46. The number of nitrogens with zero attached hydrogens (tertiary/aromatic N) is 1. The van der Waals surface area contributed by atoms with Crippen LogP contribution in [0.4, 0.5) is 0 Å². The first-order valence-electron chi connectivity index (χ1n) is 10.2. The number of carbonyl (C=O) groups is 3. The summed E-state index contributed by atoms with van der Waals surface area (Å²) in [5.41, 5.74) is 2.89. The summed E-state index contributed by atoms with van der Waals surface area (Å²) < 4.78 is 5.28. The number of rotatable bonds is 7. The molecular formula is C23H32N2O4. The number of esters is 1. The van der Waals surface area contributed by atoms with Crippen molar-refractivity contribution in [2.45, 2.75) is 59.9 Å². The predicted octanol–water partition coefficient (Wildman–Crippen LogP) is 3.31. The summed E-state index contributed by atoms with van der Waals surface area (Å²) in [5.74, 6) is -0.945. The van der Waals surface area contributed by atoms with Gasteiger partial charge in [0.1, 0.15) is 6.54 Å². The Balaban J connectivity index is 2.38. The Morgan fingerprint density at radius 1 is 1.24 bits per heavy atom. The monoisotopic (exact) mass is 400 g/mol. The van der Waals surface area contributed by atoms with Gasteiger partial charge in [0.25, 0.3) is 0 Å². The van der Waals surface area contributed by atoms with Gasteiger partial charge in [0.05, 0.1) is 12.2 Å². The normalized spacial score (nSPS) is 18.1. The third-order valence-corrected chi connectivity index (χ3v) is 5.45. The van der Waals surface area contributed by atoms with E-state index >= 15 is 0 Å². The molecule has 0 saturated carbocycles. The topological polar surface area (TPSA) is 75.7 Å².